The maximum absolute atomic E-state index is 11.9. The van der Waals surface area contributed by atoms with Crippen LogP contribution in [-0.2, 0) is 6.54 Å². The quantitative estimate of drug-likeness (QED) is 0.834. The van der Waals surface area contributed by atoms with Crippen LogP contribution in [0, 0.1) is 11.8 Å². The number of amides is 2. The average molecular weight is 338 g/mol. The summed E-state index contributed by atoms with van der Waals surface area (Å²) < 4.78 is 0. The van der Waals surface area contributed by atoms with E-state index in [1.54, 1.807) is 0 Å². The van der Waals surface area contributed by atoms with Crippen LogP contribution >= 0.6 is 11.6 Å². The molecule has 1 aromatic rings. The topological polar surface area (TPSA) is 44.4 Å². The zero-order chi connectivity index (χ0) is 16.7. The number of piperidine rings is 1. The Morgan fingerprint density at radius 3 is 2.70 bits per heavy atom. The van der Waals surface area contributed by atoms with Crippen LogP contribution in [0.5, 0.6) is 0 Å². The van der Waals surface area contributed by atoms with Crippen LogP contribution in [0.4, 0.5) is 4.79 Å². The fourth-order valence-electron chi connectivity index (χ4n) is 3.02. The molecular weight excluding hydrogens is 310 g/mol. The molecule has 0 unspecified atom stereocenters. The molecule has 1 heterocycles. The first-order chi connectivity index (χ1) is 11.0. The molecule has 0 bridgehead atoms. The number of rotatable bonds is 6. The number of hydrogen-bond donors (Lipinski definition) is 2. The van der Waals surface area contributed by atoms with Crippen LogP contribution in [0.15, 0.2) is 24.3 Å². The summed E-state index contributed by atoms with van der Waals surface area (Å²) in [6, 6.07) is 7.44. The molecule has 2 amide bonds. The number of benzene rings is 1. The van der Waals surface area contributed by atoms with Gasteiger partial charge in [-0.3, -0.25) is 0 Å². The Morgan fingerprint density at radius 1 is 1.30 bits per heavy atom. The van der Waals surface area contributed by atoms with E-state index >= 15 is 0 Å². The number of halogens is 1. The lowest BCUT2D eigenvalue weighted by Gasteiger charge is -2.33. The maximum atomic E-state index is 11.9. The van der Waals surface area contributed by atoms with Crippen LogP contribution in [0.1, 0.15) is 32.3 Å². The van der Waals surface area contributed by atoms with Crippen molar-refractivity contribution in [2.45, 2.75) is 33.2 Å². The monoisotopic (exact) mass is 337 g/mol. The second-order valence-electron chi connectivity index (χ2n) is 6.83. The van der Waals surface area contributed by atoms with Crippen molar-refractivity contribution in [1.29, 1.82) is 0 Å². The van der Waals surface area contributed by atoms with Gasteiger partial charge in [-0.1, -0.05) is 37.6 Å². The molecule has 0 radical (unpaired) electrons. The third kappa shape index (κ3) is 6.80. The highest BCUT2D eigenvalue weighted by molar-refractivity contribution is 6.30. The van der Waals surface area contributed by atoms with Gasteiger partial charge >= 0.3 is 6.03 Å². The van der Waals surface area contributed by atoms with Crippen molar-refractivity contribution in [3.05, 3.63) is 34.9 Å². The molecule has 0 spiro atoms. The van der Waals surface area contributed by atoms with Gasteiger partial charge in [-0.15, -0.1) is 0 Å². The Balaban J connectivity index is 1.62. The van der Waals surface area contributed by atoms with Gasteiger partial charge in [0.05, 0.1) is 0 Å². The molecule has 128 valence electrons. The molecule has 1 aliphatic rings. The lowest BCUT2D eigenvalue weighted by molar-refractivity contribution is 0.166. The number of hydrogen-bond acceptors (Lipinski definition) is 2. The number of carbonyl (C=O) groups is 1. The smallest absolute Gasteiger partial charge is 0.315 e. The second kappa shape index (κ2) is 9.14. The maximum Gasteiger partial charge on any atom is 0.315 e. The van der Waals surface area contributed by atoms with E-state index in [4.69, 9.17) is 11.6 Å². The molecule has 2 rings (SSSR count). The van der Waals surface area contributed by atoms with Crippen LogP contribution < -0.4 is 10.6 Å². The summed E-state index contributed by atoms with van der Waals surface area (Å²) in [6.45, 7) is 9.26. The van der Waals surface area contributed by atoms with Crippen molar-refractivity contribution in [2.75, 3.05) is 26.2 Å². The van der Waals surface area contributed by atoms with Crippen molar-refractivity contribution in [3.8, 4) is 0 Å². The Morgan fingerprint density at radius 2 is 2.04 bits per heavy atom. The Kier molecular flexibility index (Phi) is 7.18. The first-order valence-electron chi connectivity index (χ1n) is 8.51. The predicted octanol–water partition coefficient (Wildman–Crippen LogP) is 3.51. The van der Waals surface area contributed by atoms with E-state index in [1.807, 2.05) is 24.3 Å². The fourth-order valence-corrected chi connectivity index (χ4v) is 3.23. The third-order valence-corrected chi connectivity index (χ3v) is 4.46. The van der Waals surface area contributed by atoms with Gasteiger partial charge in [-0.25, -0.2) is 4.79 Å². The highest BCUT2D eigenvalue weighted by Gasteiger charge is 2.19. The van der Waals surface area contributed by atoms with E-state index in [0.29, 0.717) is 17.5 Å². The van der Waals surface area contributed by atoms with Crippen LogP contribution in [0.25, 0.3) is 0 Å². The summed E-state index contributed by atoms with van der Waals surface area (Å²) >= 11 is 5.93. The average Bonchev–Trinajstić information content (AvgIpc) is 2.52. The summed E-state index contributed by atoms with van der Waals surface area (Å²) in [5.74, 6) is 1.32. The van der Waals surface area contributed by atoms with Crippen molar-refractivity contribution in [1.82, 2.24) is 15.5 Å². The van der Waals surface area contributed by atoms with Gasteiger partial charge in [0.25, 0.3) is 0 Å². The number of nitrogens with zero attached hydrogens (tertiary/aromatic N) is 1. The Hall–Kier alpha value is -1.26. The second-order valence-corrected chi connectivity index (χ2v) is 7.27. The molecule has 1 aliphatic heterocycles. The van der Waals surface area contributed by atoms with Gasteiger partial charge in [-0.2, -0.15) is 0 Å². The van der Waals surface area contributed by atoms with Gasteiger partial charge in [0, 0.05) is 24.7 Å². The van der Waals surface area contributed by atoms with E-state index in [2.05, 4.69) is 29.4 Å². The number of nitrogens with one attached hydrogen (secondary N) is 2. The molecule has 1 aromatic carbocycles. The first-order valence-corrected chi connectivity index (χ1v) is 8.89. The standard InChI is InChI=1S/C18H28ClN3O/c1-14(2)13-22-8-6-15(7-9-22)11-20-18(23)21-12-16-4-3-5-17(19)10-16/h3-5,10,14-15H,6-9,11-13H2,1-2H3,(H2,20,21,23). The Bertz CT molecular complexity index is 499. The summed E-state index contributed by atoms with van der Waals surface area (Å²) in [4.78, 5) is 14.4. The van der Waals surface area contributed by atoms with E-state index in [-0.39, 0.29) is 6.03 Å². The summed E-state index contributed by atoms with van der Waals surface area (Å²) in [7, 11) is 0. The van der Waals surface area contributed by atoms with Crippen molar-refractivity contribution < 1.29 is 4.79 Å². The molecule has 0 atom stereocenters. The van der Waals surface area contributed by atoms with Crippen molar-refractivity contribution in [3.63, 3.8) is 0 Å². The van der Waals surface area contributed by atoms with Crippen LogP contribution in [0.2, 0.25) is 5.02 Å². The zero-order valence-corrected chi connectivity index (χ0v) is 14.9. The summed E-state index contributed by atoms with van der Waals surface area (Å²) in [6.07, 6.45) is 2.34. The summed E-state index contributed by atoms with van der Waals surface area (Å²) in [5.41, 5.74) is 1.01. The largest absolute Gasteiger partial charge is 0.338 e. The van der Waals surface area contributed by atoms with Crippen molar-refractivity contribution in [2.24, 2.45) is 11.8 Å². The highest BCUT2D eigenvalue weighted by Crippen LogP contribution is 2.17. The third-order valence-electron chi connectivity index (χ3n) is 4.22. The number of urea groups is 1. The van der Waals surface area contributed by atoms with Crippen LogP contribution in [-0.4, -0.2) is 37.1 Å². The molecule has 23 heavy (non-hydrogen) atoms. The Labute approximate surface area is 144 Å². The van der Waals surface area contributed by atoms with E-state index in [1.165, 1.54) is 19.4 Å². The molecule has 5 heteroatoms. The van der Waals surface area contributed by atoms with Gasteiger partial charge in [-0.05, 0) is 55.5 Å². The van der Waals surface area contributed by atoms with Gasteiger partial charge in [0.2, 0.25) is 0 Å². The van der Waals surface area contributed by atoms with Gasteiger partial charge < -0.3 is 15.5 Å². The van der Waals surface area contributed by atoms with Crippen LogP contribution in [0.3, 0.4) is 0 Å². The molecule has 0 aromatic heterocycles. The first kappa shape index (κ1) is 18.1. The normalized spacial score (nSPS) is 16.5. The summed E-state index contributed by atoms with van der Waals surface area (Å²) in [5, 5.41) is 6.57. The minimum atomic E-state index is -0.102. The SMILES string of the molecule is CC(C)CN1CCC(CNC(=O)NCc2cccc(Cl)c2)CC1. The predicted molar refractivity (Wildman–Crippen MR) is 95.7 cm³/mol. The lowest BCUT2D eigenvalue weighted by atomic mass is 9.96. The van der Waals surface area contributed by atoms with E-state index in [9.17, 15) is 4.79 Å². The zero-order valence-electron chi connectivity index (χ0n) is 14.1. The molecule has 1 saturated heterocycles. The molecular formula is C18H28ClN3O. The number of carbonyl (C=O) groups excluding carboxylic acids is 1. The van der Waals surface area contributed by atoms with Crippen molar-refractivity contribution >= 4 is 17.6 Å². The van der Waals surface area contributed by atoms with Gasteiger partial charge in [0.15, 0.2) is 0 Å². The minimum absolute atomic E-state index is 0.102. The number of likely N-dealkylation sites (tertiary alicyclic amines) is 1. The molecule has 4 nitrogen and oxygen atoms in total. The van der Waals surface area contributed by atoms with Gasteiger partial charge in [0.1, 0.15) is 0 Å². The molecule has 0 aliphatic carbocycles. The fraction of sp³-hybridized carbons (Fsp3) is 0.611. The molecule has 0 saturated carbocycles. The molecule has 2 N–H and O–H groups in total. The lowest BCUT2D eigenvalue weighted by Crippen LogP contribution is -2.42. The molecule has 1 fully saturated rings. The van der Waals surface area contributed by atoms with E-state index in [0.717, 1.165) is 31.1 Å². The van der Waals surface area contributed by atoms with E-state index < -0.39 is 0 Å². The minimum Gasteiger partial charge on any atom is -0.338 e. The highest BCUT2D eigenvalue weighted by atomic mass is 35.5.